The van der Waals surface area contributed by atoms with Crippen LogP contribution >= 0.6 is 11.3 Å². The molecule has 0 fully saturated rings. The normalized spacial score (nSPS) is 12.1. The highest BCUT2D eigenvalue weighted by molar-refractivity contribution is 7.09. The Labute approximate surface area is 129 Å². The largest absolute Gasteiger partial charge is 0.495 e. The van der Waals surface area contributed by atoms with Crippen LogP contribution in [0.15, 0.2) is 35.7 Å². The first-order chi connectivity index (χ1) is 10.2. The fraction of sp³-hybridized carbons (Fsp3) is 0.375. The summed E-state index contributed by atoms with van der Waals surface area (Å²) < 4.78 is 10.8. The third-order valence-corrected chi connectivity index (χ3v) is 3.87. The van der Waals surface area contributed by atoms with Gasteiger partial charge >= 0.3 is 0 Å². The standard InChI is InChI=1S/C16H21NO3S/c1-12-5-6-16(19-2)15(8-12)17-9-13(18)10-20-11-14-4-3-7-21-14/h3-8,13,17-18H,9-11H2,1-2H3. The van der Waals surface area contributed by atoms with Gasteiger partial charge in [0, 0.05) is 11.4 Å². The van der Waals surface area contributed by atoms with Gasteiger partial charge in [-0.1, -0.05) is 12.1 Å². The molecule has 2 aromatic rings. The van der Waals surface area contributed by atoms with E-state index in [0.29, 0.717) is 19.8 Å². The highest BCUT2D eigenvalue weighted by Crippen LogP contribution is 2.25. The summed E-state index contributed by atoms with van der Waals surface area (Å²) in [6.07, 6.45) is -0.560. The molecule has 0 aliphatic rings. The average molecular weight is 307 g/mol. The third kappa shape index (κ3) is 5.04. The Morgan fingerprint density at radius 1 is 1.33 bits per heavy atom. The van der Waals surface area contributed by atoms with E-state index in [9.17, 15) is 5.11 Å². The van der Waals surface area contributed by atoms with Gasteiger partial charge in [-0.15, -0.1) is 11.3 Å². The van der Waals surface area contributed by atoms with E-state index in [0.717, 1.165) is 21.9 Å². The molecule has 4 nitrogen and oxygen atoms in total. The zero-order valence-corrected chi connectivity index (χ0v) is 13.2. The summed E-state index contributed by atoms with van der Waals surface area (Å²) in [5.74, 6) is 0.771. The second kappa shape index (κ2) is 8.02. The number of aliphatic hydroxyl groups is 1. The molecule has 2 rings (SSSR count). The summed E-state index contributed by atoms with van der Waals surface area (Å²) in [4.78, 5) is 1.16. The van der Waals surface area contributed by atoms with Gasteiger partial charge in [0.15, 0.2) is 0 Å². The van der Waals surface area contributed by atoms with Gasteiger partial charge in [0.2, 0.25) is 0 Å². The first-order valence-corrected chi connectivity index (χ1v) is 7.73. The van der Waals surface area contributed by atoms with Gasteiger partial charge in [0.05, 0.1) is 32.1 Å². The molecule has 1 aromatic carbocycles. The molecular formula is C16H21NO3S. The number of aliphatic hydroxyl groups excluding tert-OH is 1. The second-order valence-corrected chi connectivity index (χ2v) is 5.87. The molecule has 0 saturated heterocycles. The van der Waals surface area contributed by atoms with Gasteiger partial charge in [-0.2, -0.15) is 0 Å². The van der Waals surface area contributed by atoms with E-state index in [-0.39, 0.29) is 0 Å². The van der Waals surface area contributed by atoms with Gasteiger partial charge in [-0.3, -0.25) is 0 Å². The molecule has 0 bridgehead atoms. The Morgan fingerprint density at radius 2 is 2.19 bits per heavy atom. The number of rotatable bonds is 8. The minimum Gasteiger partial charge on any atom is -0.495 e. The van der Waals surface area contributed by atoms with Crippen LogP contribution < -0.4 is 10.1 Å². The van der Waals surface area contributed by atoms with Crippen molar-refractivity contribution in [2.45, 2.75) is 19.6 Å². The first kappa shape index (κ1) is 15.8. The molecule has 114 valence electrons. The molecular weight excluding hydrogens is 286 g/mol. The maximum atomic E-state index is 9.95. The molecule has 5 heteroatoms. The van der Waals surface area contributed by atoms with Crippen LogP contribution in [-0.4, -0.2) is 31.5 Å². The van der Waals surface area contributed by atoms with Crippen molar-refractivity contribution in [2.24, 2.45) is 0 Å². The number of anilines is 1. The summed E-state index contributed by atoms with van der Waals surface area (Å²) in [5, 5.41) is 15.2. The molecule has 1 heterocycles. The van der Waals surface area contributed by atoms with E-state index in [1.807, 2.05) is 42.6 Å². The van der Waals surface area contributed by atoms with E-state index in [2.05, 4.69) is 5.32 Å². The first-order valence-electron chi connectivity index (χ1n) is 6.85. The van der Waals surface area contributed by atoms with E-state index in [1.165, 1.54) is 0 Å². The maximum Gasteiger partial charge on any atom is 0.141 e. The summed E-state index contributed by atoms with van der Waals surface area (Å²) in [7, 11) is 1.64. The van der Waals surface area contributed by atoms with Crippen LogP contribution in [0.4, 0.5) is 5.69 Å². The molecule has 0 saturated carbocycles. The average Bonchev–Trinajstić information content (AvgIpc) is 2.98. The lowest BCUT2D eigenvalue weighted by Gasteiger charge is -2.15. The molecule has 21 heavy (non-hydrogen) atoms. The molecule has 0 amide bonds. The van der Waals surface area contributed by atoms with Crippen molar-refractivity contribution in [3.05, 3.63) is 46.2 Å². The molecule has 0 aliphatic carbocycles. The van der Waals surface area contributed by atoms with Crippen LogP contribution in [0, 0.1) is 6.92 Å². The zero-order chi connectivity index (χ0) is 15.1. The Hall–Kier alpha value is -1.56. The SMILES string of the molecule is COc1ccc(C)cc1NCC(O)COCc1cccs1. The van der Waals surface area contributed by atoms with Crippen molar-refractivity contribution in [1.82, 2.24) is 0 Å². The number of ether oxygens (including phenoxy) is 2. The van der Waals surface area contributed by atoms with Crippen molar-refractivity contribution in [3.63, 3.8) is 0 Å². The highest BCUT2D eigenvalue weighted by atomic mass is 32.1. The van der Waals surface area contributed by atoms with Gasteiger partial charge < -0.3 is 19.9 Å². The summed E-state index contributed by atoms with van der Waals surface area (Å²) >= 11 is 1.65. The second-order valence-electron chi connectivity index (χ2n) is 4.83. The number of thiophene rings is 1. The fourth-order valence-electron chi connectivity index (χ4n) is 1.94. The minimum absolute atomic E-state index is 0.305. The lowest BCUT2D eigenvalue weighted by molar-refractivity contribution is 0.0358. The molecule has 1 aromatic heterocycles. The topological polar surface area (TPSA) is 50.7 Å². The van der Waals surface area contributed by atoms with Gasteiger partial charge in [0.1, 0.15) is 5.75 Å². The minimum atomic E-state index is -0.560. The van der Waals surface area contributed by atoms with E-state index in [1.54, 1.807) is 18.4 Å². The van der Waals surface area contributed by atoms with E-state index >= 15 is 0 Å². The van der Waals surface area contributed by atoms with Crippen molar-refractivity contribution >= 4 is 17.0 Å². The predicted molar refractivity (Wildman–Crippen MR) is 86.2 cm³/mol. The Kier molecular flexibility index (Phi) is 6.04. The van der Waals surface area contributed by atoms with E-state index < -0.39 is 6.10 Å². The highest BCUT2D eigenvalue weighted by Gasteiger charge is 2.08. The van der Waals surface area contributed by atoms with Crippen molar-refractivity contribution in [2.75, 3.05) is 25.6 Å². The number of benzene rings is 1. The molecule has 2 N–H and O–H groups in total. The van der Waals surface area contributed by atoms with Crippen LogP contribution in [0.3, 0.4) is 0 Å². The van der Waals surface area contributed by atoms with Gasteiger partial charge in [-0.05, 0) is 36.1 Å². The van der Waals surface area contributed by atoms with Crippen LogP contribution in [0.2, 0.25) is 0 Å². The van der Waals surface area contributed by atoms with Crippen molar-refractivity contribution in [3.8, 4) is 5.75 Å². The number of aryl methyl sites for hydroxylation is 1. The van der Waals surface area contributed by atoms with Crippen LogP contribution in [0.5, 0.6) is 5.75 Å². The Morgan fingerprint density at radius 3 is 2.90 bits per heavy atom. The van der Waals surface area contributed by atoms with Gasteiger partial charge in [0.25, 0.3) is 0 Å². The summed E-state index contributed by atoms with van der Waals surface area (Å²) in [5.41, 5.74) is 2.02. The van der Waals surface area contributed by atoms with Crippen molar-refractivity contribution in [1.29, 1.82) is 0 Å². The number of nitrogens with one attached hydrogen (secondary N) is 1. The predicted octanol–water partition coefficient (Wildman–Crippen LogP) is 3.05. The number of hydrogen-bond donors (Lipinski definition) is 2. The fourth-order valence-corrected chi connectivity index (χ4v) is 2.58. The Balaban J connectivity index is 1.75. The maximum absolute atomic E-state index is 9.95. The van der Waals surface area contributed by atoms with Crippen LogP contribution in [0.1, 0.15) is 10.4 Å². The zero-order valence-electron chi connectivity index (χ0n) is 12.3. The lowest BCUT2D eigenvalue weighted by atomic mass is 10.2. The number of methoxy groups -OCH3 is 1. The van der Waals surface area contributed by atoms with E-state index in [4.69, 9.17) is 9.47 Å². The molecule has 1 atom stereocenters. The summed E-state index contributed by atoms with van der Waals surface area (Å²) in [6, 6.07) is 9.91. The Bertz CT molecular complexity index is 542. The van der Waals surface area contributed by atoms with Gasteiger partial charge in [-0.25, -0.2) is 0 Å². The monoisotopic (exact) mass is 307 g/mol. The van der Waals surface area contributed by atoms with Crippen LogP contribution in [0.25, 0.3) is 0 Å². The molecule has 0 aliphatic heterocycles. The van der Waals surface area contributed by atoms with Crippen molar-refractivity contribution < 1.29 is 14.6 Å². The quantitative estimate of drug-likeness (QED) is 0.787. The summed E-state index contributed by atoms with van der Waals surface area (Å²) in [6.45, 7) is 3.29. The molecule has 1 unspecified atom stereocenters. The third-order valence-electron chi connectivity index (χ3n) is 3.02. The molecule has 0 radical (unpaired) electrons. The lowest BCUT2D eigenvalue weighted by Crippen LogP contribution is -2.24. The molecule has 0 spiro atoms. The van der Waals surface area contributed by atoms with Crippen LogP contribution in [-0.2, 0) is 11.3 Å². The smallest absolute Gasteiger partial charge is 0.141 e. The number of hydrogen-bond acceptors (Lipinski definition) is 5.